The lowest BCUT2D eigenvalue weighted by molar-refractivity contribution is -0.124. The second kappa shape index (κ2) is 6.05. The third-order valence-electron chi connectivity index (χ3n) is 2.72. The molecule has 0 spiro atoms. The fraction of sp³-hybridized carbons (Fsp3) is 0.900. The first-order valence-corrected chi connectivity index (χ1v) is 5.27. The Balaban J connectivity index is 2.29. The van der Waals surface area contributed by atoms with Crippen LogP contribution in [-0.2, 0) is 14.3 Å². The molecule has 15 heavy (non-hydrogen) atoms. The predicted molar refractivity (Wildman–Crippen MR) is 56.4 cm³/mol. The zero-order valence-electron chi connectivity index (χ0n) is 9.36. The van der Waals surface area contributed by atoms with Crippen molar-refractivity contribution in [3.63, 3.8) is 0 Å². The van der Waals surface area contributed by atoms with Crippen molar-refractivity contribution in [1.29, 1.82) is 0 Å². The van der Waals surface area contributed by atoms with E-state index in [-0.39, 0.29) is 18.6 Å². The number of nitrogens with two attached hydrogens (primary N) is 1. The molecule has 1 aliphatic heterocycles. The van der Waals surface area contributed by atoms with Crippen molar-refractivity contribution in [2.45, 2.75) is 25.4 Å². The summed E-state index contributed by atoms with van der Waals surface area (Å²) in [6.07, 6.45) is 1.00. The lowest BCUT2D eigenvalue weighted by atomic mass is 10.0. The lowest BCUT2D eigenvalue weighted by Gasteiger charge is -2.21. The van der Waals surface area contributed by atoms with Crippen LogP contribution in [-0.4, -0.2) is 44.9 Å². The number of nitrogens with one attached hydrogen (secondary N) is 1. The fourth-order valence-electron chi connectivity index (χ4n) is 1.65. The van der Waals surface area contributed by atoms with Crippen molar-refractivity contribution in [2.75, 3.05) is 26.9 Å². The second-order valence-corrected chi connectivity index (χ2v) is 3.98. The van der Waals surface area contributed by atoms with Crippen molar-refractivity contribution in [3.05, 3.63) is 0 Å². The molecule has 1 aliphatic rings. The maximum Gasteiger partial charge on any atom is 0.239 e. The summed E-state index contributed by atoms with van der Waals surface area (Å²) >= 11 is 0. The monoisotopic (exact) mass is 216 g/mol. The topological polar surface area (TPSA) is 73.6 Å². The quantitative estimate of drug-likeness (QED) is 0.650. The van der Waals surface area contributed by atoms with E-state index in [4.69, 9.17) is 15.2 Å². The van der Waals surface area contributed by atoms with E-state index in [0.29, 0.717) is 5.92 Å². The van der Waals surface area contributed by atoms with Gasteiger partial charge >= 0.3 is 0 Å². The lowest BCUT2D eigenvalue weighted by Crippen LogP contribution is -2.48. The summed E-state index contributed by atoms with van der Waals surface area (Å²) in [6, 6.07) is -0.470. The Morgan fingerprint density at radius 3 is 3.00 bits per heavy atom. The minimum Gasteiger partial charge on any atom is -0.383 e. The number of carbonyl (C=O) groups is 1. The summed E-state index contributed by atoms with van der Waals surface area (Å²) in [5.74, 6) is 0.250. The van der Waals surface area contributed by atoms with Crippen LogP contribution in [0.3, 0.4) is 0 Å². The molecule has 3 atom stereocenters. The van der Waals surface area contributed by atoms with Crippen LogP contribution in [0, 0.1) is 5.92 Å². The van der Waals surface area contributed by atoms with Gasteiger partial charge in [0, 0.05) is 25.7 Å². The molecule has 0 bridgehead atoms. The van der Waals surface area contributed by atoms with E-state index in [2.05, 4.69) is 5.32 Å². The Labute approximate surface area is 90.3 Å². The molecule has 0 saturated carbocycles. The van der Waals surface area contributed by atoms with Gasteiger partial charge in [-0.25, -0.2) is 0 Å². The first kappa shape index (κ1) is 12.4. The molecule has 1 heterocycles. The normalized spacial score (nSPS) is 24.9. The maximum absolute atomic E-state index is 11.5. The van der Waals surface area contributed by atoms with Gasteiger partial charge in [-0.1, -0.05) is 0 Å². The first-order chi connectivity index (χ1) is 7.15. The van der Waals surface area contributed by atoms with Crippen LogP contribution in [0.4, 0.5) is 0 Å². The number of hydrogen-bond acceptors (Lipinski definition) is 4. The molecule has 3 N–H and O–H groups in total. The average Bonchev–Trinajstić information content (AvgIpc) is 2.70. The van der Waals surface area contributed by atoms with Gasteiger partial charge in [0.15, 0.2) is 0 Å². The Morgan fingerprint density at radius 2 is 2.47 bits per heavy atom. The van der Waals surface area contributed by atoms with Gasteiger partial charge < -0.3 is 20.5 Å². The highest BCUT2D eigenvalue weighted by atomic mass is 16.5. The Morgan fingerprint density at radius 1 is 1.73 bits per heavy atom. The van der Waals surface area contributed by atoms with E-state index >= 15 is 0 Å². The van der Waals surface area contributed by atoms with E-state index in [0.717, 1.165) is 19.6 Å². The number of amides is 1. The molecule has 1 fully saturated rings. The van der Waals surface area contributed by atoms with Crippen LogP contribution in [0.25, 0.3) is 0 Å². The number of rotatable bonds is 5. The summed E-state index contributed by atoms with van der Waals surface area (Å²) < 4.78 is 10.1. The van der Waals surface area contributed by atoms with Crippen molar-refractivity contribution in [2.24, 2.45) is 11.7 Å². The fourth-order valence-corrected chi connectivity index (χ4v) is 1.65. The number of carbonyl (C=O) groups excluding carboxylic acids is 1. The highest BCUT2D eigenvalue weighted by molar-refractivity contribution is 5.81. The number of hydrogen-bond donors (Lipinski definition) is 2. The van der Waals surface area contributed by atoms with E-state index in [9.17, 15) is 4.79 Å². The highest BCUT2D eigenvalue weighted by Crippen LogP contribution is 2.16. The number of ether oxygens (including phenoxy) is 2. The molecule has 5 nitrogen and oxygen atoms in total. The molecule has 3 unspecified atom stereocenters. The van der Waals surface area contributed by atoms with Crippen LogP contribution < -0.4 is 11.1 Å². The average molecular weight is 216 g/mol. The Hall–Kier alpha value is -0.650. The molecule has 1 rings (SSSR count). The summed E-state index contributed by atoms with van der Waals surface area (Å²) in [4.78, 5) is 11.5. The van der Waals surface area contributed by atoms with Crippen LogP contribution in [0.2, 0.25) is 0 Å². The molecular weight excluding hydrogens is 196 g/mol. The van der Waals surface area contributed by atoms with Gasteiger partial charge in [-0.2, -0.15) is 0 Å². The van der Waals surface area contributed by atoms with E-state index in [1.54, 1.807) is 0 Å². The third kappa shape index (κ3) is 3.77. The molecular formula is C10H20N2O3. The summed E-state index contributed by atoms with van der Waals surface area (Å²) in [5, 5.41) is 2.88. The molecule has 1 saturated heterocycles. The van der Waals surface area contributed by atoms with Gasteiger partial charge in [0.05, 0.1) is 13.2 Å². The molecule has 88 valence electrons. The van der Waals surface area contributed by atoms with Crippen LogP contribution in [0.5, 0.6) is 0 Å². The van der Waals surface area contributed by atoms with Crippen molar-refractivity contribution in [3.8, 4) is 0 Å². The smallest absolute Gasteiger partial charge is 0.239 e. The Bertz CT molecular complexity index is 205. The largest absolute Gasteiger partial charge is 0.383 e. The van der Waals surface area contributed by atoms with Gasteiger partial charge in [0.2, 0.25) is 5.91 Å². The third-order valence-corrected chi connectivity index (χ3v) is 2.72. The second-order valence-electron chi connectivity index (χ2n) is 3.98. The van der Waals surface area contributed by atoms with Gasteiger partial charge in [-0.05, 0) is 13.3 Å². The van der Waals surface area contributed by atoms with Crippen molar-refractivity contribution >= 4 is 5.91 Å². The predicted octanol–water partition coefficient (Wildman–Crippen LogP) is -0.499. The minimum atomic E-state index is -0.584. The van der Waals surface area contributed by atoms with Crippen molar-refractivity contribution in [1.82, 2.24) is 5.32 Å². The minimum absolute atomic E-state index is 0.114. The first-order valence-electron chi connectivity index (χ1n) is 5.27. The van der Waals surface area contributed by atoms with E-state index in [1.807, 2.05) is 6.92 Å². The molecule has 1 amide bonds. The SMILES string of the molecule is COCC(N)C(=O)NC(C)C1CCOC1. The highest BCUT2D eigenvalue weighted by Gasteiger charge is 2.25. The Kier molecular flexibility index (Phi) is 5.01. The van der Waals surface area contributed by atoms with Gasteiger partial charge in [0.25, 0.3) is 0 Å². The molecule has 0 aromatic heterocycles. The zero-order chi connectivity index (χ0) is 11.3. The van der Waals surface area contributed by atoms with Crippen molar-refractivity contribution < 1.29 is 14.3 Å². The summed E-state index contributed by atoms with van der Waals surface area (Å²) in [6.45, 7) is 3.74. The molecule has 0 aliphatic carbocycles. The van der Waals surface area contributed by atoms with Gasteiger partial charge in [0.1, 0.15) is 6.04 Å². The van der Waals surface area contributed by atoms with Crippen LogP contribution >= 0.6 is 0 Å². The van der Waals surface area contributed by atoms with Crippen LogP contribution in [0.15, 0.2) is 0 Å². The molecule has 0 radical (unpaired) electrons. The van der Waals surface area contributed by atoms with Crippen LogP contribution in [0.1, 0.15) is 13.3 Å². The van der Waals surface area contributed by atoms with Gasteiger partial charge in [-0.3, -0.25) is 4.79 Å². The number of methoxy groups -OCH3 is 1. The standard InChI is InChI=1S/C10H20N2O3/c1-7(8-3-4-15-5-8)12-10(13)9(11)6-14-2/h7-9H,3-6,11H2,1-2H3,(H,12,13). The zero-order valence-corrected chi connectivity index (χ0v) is 9.36. The van der Waals surface area contributed by atoms with E-state index < -0.39 is 6.04 Å². The summed E-state index contributed by atoms with van der Waals surface area (Å²) in [7, 11) is 1.53. The van der Waals surface area contributed by atoms with E-state index in [1.165, 1.54) is 7.11 Å². The molecule has 5 heteroatoms. The summed E-state index contributed by atoms with van der Waals surface area (Å²) in [5.41, 5.74) is 5.61. The molecule has 0 aromatic carbocycles. The molecule has 0 aromatic rings. The van der Waals surface area contributed by atoms with Gasteiger partial charge in [-0.15, -0.1) is 0 Å². The maximum atomic E-state index is 11.5.